The zero-order chi connectivity index (χ0) is 22.6. The van der Waals surface area contributed by atoms with Crippen molar-refractivity contribution in [3.05, 3.63) is 41.5 Å². The topological polar surface area (TPSA) is 100 Å². The molecule has 8 heteroatoms. The average molecular weight is 440 g/mol. The molecule has 172 valence electrons. The lowest BCUT2D eigenvalue weighted by Gasteiger charge is -2.36. The molecule has 2 fully saturated rings. The monoisotopic (exact) mass is 439 g/mol. The van der Waals surface area contributed by atoms with Gasteiger partial charge in [-0.25, -0.2) is 4.79 Å². The van der Waals surface area contributed by atoms with Gasteiger partial charge in [-0.1, -0.05) is 43.0 Å². The number of aryl methyl sites for hydroxylation is 2. The molecule has 2 N–H and O–H groups in total. The van der Waals surface area contributed by atoms with E-state index in [1.165, 1.54) is 0 Å². The zero-order valence-electron chi connectivity index (χ0n) is 19.0. The number of carbonyl (C=O) groups is 2. The fourth-order valence-corrected chi connectivity index (χ4v) is 4.87. The van der Waals surface area contributed by atoms with Crippen LogP contribution in [0.5, 0.6) is 0 Å². The molecule has 0 bridgehead atoms. The Kier molecular flexibility index (Phi) is 6.77. The lowest BCUT2D eigenvalue weighted by Crippen LogP contribution is -2.52. The van der Waals surface area contributed by atoms with Gasteiger partial charge in [-0.15, -0.1) is 0 Å². The van der Waals surface area contributed by atoms with Crippen LogP contribution in [0.2, 0.25) is 0 Å². The Morgan fingerprint density at radius 1 is 1.12 bits per heavy atom. The van der Waals surface area contributed by atoms with Gasteiger partial charge in [0.1, 0.15) is 5.54 Å². The van der Waals surface area contributed by atoms with Gasteiger partial charge in [0.05, 0.1) is 5.92 Å². The molecule has 1 aromatic carbocycles. The molecular formula is C24H33N5O3. The molecule has 1 saturated carbocycles. The van der Waals surface area contributed by atoms with E-state index in [4.69, 9.17) is 4.52 Å². The van der Waals surface area contributed by atoms with E-state index in [2.05, 4.69) is 20.8 Å². The minimum absolute atomic E-state index is 0.0255. The van der Waals surface area contributed by atoms with Crippen molar-refractivity contribution in [3.8, 4) is 0 Å². The number of hydrogen-bond donors (Lipinski definition) is 2. The Morgan fingerprint density at radius 3 is 2.59 bits per heavy atom. The van der Waals surface area contributed by atoms with Gasteiger partial charge >= 0.3 is 6.03 Å². The smallest absolute Gasteiger partial charge is 0.321 e. The molecule has 0 radical (unpaired) electrons. The van der Waals surface area contributed by atoms with Gasteiger partial charge in [-0.05, 0) is 50.3 Å². The van der Waals surface area contributed by atoms with E-state index in [-0.39, 0.29) is 17.9 Å². The largest absolute Gasteiger partial charge is 0.343 e. The van der Waals surface area contributed by atoms with Crippen LogP contribution >= 0.6 is 0 Å². The molecule has 1 unspecified atom stereocenters. The molecule has 4 rings (SSSR count). The SMILES string of the molecule is Cc1cccc(NC(=O)N2CCCC(C(=O)NC3(c4noc(C)n4)CCCCCC3)C2)c1. The average Bonchev–Trinajstić information content (AvgIpc) is 3.09. The van der Waals surface area contributed by atoms with Crippen LogP contribution in [0.15, 0.2) is 28.8 Å². The first-order valence-electron chi connectivity index (χ1n) is 11.7. The number of amides is 3. The second-order valence-corrected chi connectivity index (χ2v) is 9.21. The molecule has 8 nitrogen and oxygen atoms in total. The lowest BCUT2D eigenvalue weighted by molar-refractivity contribution is -0.128. The van der Waals surface area contributed by atoms with E-state index >= 15 is 0 Å². The number of likely N-dealkylation sites (tertiary alicyclic amines) is 1. The van der Waals surface area contributed by atoms with Crippen molar-refractivity contribution < 1.29 is 14.1 Å². The van der Waals surface area contributed by atoms with Crippen LogP contribution in [0.3, 0.4) is 0 Å². The fourth-order valence-electron chi connectivity index (χ4n) is 4.87. The molecule has 2 heterocycles. The van der Waals surface area contributed by atoms with Crippen molar-refractivity contribution >= 4 is 17.6 Å². The van der Waals surface area contributed by atoms with Crippen molar-refractivity contribution in [2.75, 3.05) is 18.4 Å². The van der Waals surface area contributed by atoms with Crippen molar-refractivity contribution in [2.24, 2.45) is 5.92 Å². The summed E-state index contributed by atoms with van der Waals surface area (Å²) < 4.78 is 5.25. The Hall–Kier alpha value is -2.90. The van der Waals surface area contributed by atoms with Crippen molar-refractivity contribution in [2.45, 2.75) is 70.8 Å². The number of nitrogens with one attached hydrogen (secondary N) is 2. The molecule has 0 spiro atoms. The molecule has 1 atom stereocenters. The molecule has 1 aromatic heterocycles. The predicted octanol–water partition coefficient (Wildman–Crippen LogP) is 4.30. The highest BCUT2D eigenvalue weighted by molar-refractivity contribution is 5.90. The summed E-state index contributed by atoms with van der Waals surface area (Å²) in [5, 5.41) is 10.4. The first-order valence-corrected chi connectivity index (χ1v) is 11.7. The number of aromatic nitrogens is 2. The van der Waals surface area contributed by atoms with Crippen LogP contribution < -0.4 is 10.6 Å². The zero-order valence-corrected chi connectivity index (χ0v) is 19.0. The van der Waals surface area contributed by atoms with Gasteiger partial charge in [0.25, 0.3) is 0 Å². The fraction of sp³-hybridized carbons (Fsp3) is 0.583. The maximum Gasteiger partial charge on any atom is 0.321 e. The molecule has 32 heavy (non-hydrogen) atoms. The third kappa shape index (κ3) is 5.11. The summed E-state index contributed by atoms with van der Waals surface area (Å²) >= 11 is 0. The number of nitrogens with zero attached hydrogens (tertiary/aromatic N) is 3. The quantitative estimate of drug-likeness (QED) is 0.692. The Morgan fingerprint density at radius 2 is 1.91 bits per heavy atom. The normalized spacial score (nSPS) is 20.9. The number of piperidine rings is 1. The number of benzene rings is 1. The summed E-state index contributed by atoms with van der Waals surface area (Å²) in [5.74, 6) is 0.812. The van der Waals surface area contributed by atoms with Gasteiger partial charge in [0, 0.05) is 25.7 Å². The van der Waals surface area contributed by atoms with Crippen LogP contribution in [-0.2, 0) is 10.3 Å². The second-order valence-electron chi connectivity index (χ2n) is 9.21. The Balaban J connectivity index is 1.44. The minimum atomic E-state index is -0.586. The predicted molar refractivity (Wildman–Crippen MR) is 121 cm³/mol. The summed E-state index contributed by atoms with van der Waals surface area (Å²) in [6, 6.07) is 7.57. The first-order chi connectivity index (χ1) is 15.4. The standard InChI is InChI=1S/C24H33N5O3/c1-17-9-7-11-20(15-17)26-23(31)29-14-8-10-19(16-29)21(30)27-24(12-5-3-4-6-13-24)22-25-18(2)32-28-22/h7,9,11,15,19H,3-6,8,10,12-14,16H2,1-2H3,(H,26,31)(H,27,30). The molecule has 2 aliphatic rings. The van der Waals surface area contributed by atoms with Gasteiger partial charge in [0.2, 0.25) is 11.8 Å². The van der Waals surface area contributed by atoms with E-state index in [0.29, 0.717) is 24.8 Å². The van der Waals surface area contributed by atoms with Crippen LogP contribution in [-0.4, -0.2) is 40.1 Å². The van der Waals surface area contributed by atoms with E-state index in [1.54, 1.807) is 11.8 Å². The molecular weight excluding hydrogens is 406 g/mol. The number of rotatable bonds is 4. The maximum atomic E-state index is 13.4. The highest BCUT2D eigenvalue weighted by atomic mass is 16.5. The summed E-state index contributed by atoms with van der Waals surface area (Å²) in [4.78, 5) is 32.4. The number of hydrogen-bond acceptors (Lipinski definition) is 5. The molecule has 1 aliphatic carbocycles. The van der Waals surface area contributed by atoms with Crippen LogP contribution in [0.25, 0.3) is 0 Å². The third-order valence-electron chi connectivity index (χ3n) is 6.62. The Labute approximate surface area is 189 Å². The molecule has 1 saturated heterocycles. The van der Waals surface area contributed by atoms with Crippen LogP contribution in [0, 0.1) is 19.8 Å². The summed E-state index contributed by atoms with van der Waals surface area (Å²) in [5.41, 5.74) is 1.27. The lowest BCUT2D eigenvalue weighted by atomic mass is 9.87. The minimum Gasteiger partial charge on any atom is -0.343 e. The summed E-state index contributed by atoms with van der Waals surface area (Å²) in [6.07, 6.45) is 7.50. The van der Waals surface area contributed by atoms with Crippen molar-refractivity contribution in [1.82, 2.24) is 20.4 Å². The number of carbonyl (C=O) groups excluding carboxylic acids is 2. The van der Waals surface area contributed by atoms with E-state index in [0.717, 1.165) is 62.6 Å². The van der Waals surface area contributed by atoms with E-state index < -0.39 is 5.54 Å². The number of anilines is 1. The molecule has 1 aliphatic heterocycles. The maximum absolute atomic E-state index is 13.4. The van der Waals surface area contributed by atoms with Gasteiger partial charge in [-0.2, -0.15) is 4.98 Å². The highest BCUT2D eigenvalue weighted by Crippen LogP contribution is 2.35. The van der Waals surface area contributed by atoms with E-state index in [1.807, 2.05) is 31.2 Å². The third-order valence-corrected chi connectivity index (χ3v) is 6.62. The van der Waals surface area contributed by atoms with Crippen LogP contribution in [0.4, 0.5) is 10.5 Å². The summed E-state index contributed by atoms with van der Waals surface area (Å²) in [7, 11) is 0. The van der Waals surface area contributed by atoms with Gasteiger partial charge in [0.15, 0.2) is 5.82 Å². The first kappa shape index (κ1) is 22.3. The second kappa shape index (κ2) is 9.71. The summed E-state index contributed by atoms with van der Waals surface area (Å²) in [6.45, 7) is 4.82. The molecule has 2 aromatic rings. The van der Waals surface area contributed by atoms with Crippen molar-refractivity contribution in [1.29, 1.82) is 0 Å². The van der Waals surface area contributed by atoms with Crippen molar-refractivity contribution in [3.63, 3.8) is 0 Å². The highest BCUT2D eigenvalue weighted by Gasteiger charge is 2.41. The van der Waals surface area contributed by atoms with Crippen LogP contribution in [0.1, 0.15) is 68.6 Å². The van der Waals surface area contributed by atoms with Gasteiger partial charge < -0.3 is 20.1 Å². The number of urea groups is 1. The molecule has 3 amide bonds. The van der Waals surface area contributed by atoms with E-state index in [9.17, 15) is 9.59 Å². The Bertz CT molecular complexity index is 949. The van der Waals surface area contributed by atoms with Gasteiger partial charge in [-0.3, -0.25) is 4.79 Å².